The highest BCUT2D eigenvalue weighted by atomic mass is 127. The van der Waals surface area contributed by atoms with Gasteiger partial charge in [0.2, 0.25) is 0 Å². The van der Waals surface area contributed by atoms with Gasteiger partial charge in [-0.05, 0) is 30.0 Å². The molecule has 0 bridgehead atoms. The quantitative estimate of drug-likeness (QED) is 0.266. The van der Waals surface area contributed by atoms with Crippen LogP contribution in [0.5, 0.6) is 23.0 Å². The van der Waals surface area contributed by atoms with Crippen LogP contribution in [-0.2, 0) is 6.54 Å². The molecule has 0 fully saturated rings. The summed E-state index contributed by atoms with van der Waals surface area (Å²) in [6, 6.07) is 11.9. The van der Waals surface area contributed by atoms with Gasteiger partial charge in [0, 0.05) is 25.7 Å². The molecule has 0 heterocycles. The van der Waals surface area contributed by atoms with Gasteiger partial charge in [0.05, 0.1) is 40.5 Å². The molecule has 31 heavy (non-hydrogen) atoms. The van der Waals surface area contributed by atoms with Crippen molar-refractivity contribution in [2.75, 3.05) is 42.0 Å². The summed E-state index contributed by atoms with van der Waals surface area (Å²) in [5, 5.41) is 6.69. The number of rotatable bonds is 10. The highest BCUT2D eigenvalue weighted by molar-refractivity contribution is 14.0. The number of methoxy groups -OCH3 is 4. The third-order valence-corrected chi connectivity index (χ3v) is 5.03. The zero-order valence-corrected chi connectivity index (χ0v) is 21.5. The minimum Gasteiger partial charge on any atom is -0.497 e. The predicted molar refractivity (Wildman–Crippen MR) is 136 cm³/mol. The molecule has 1 unspecified atom stereocenters. The van der Waals surface area contributed by atoms with Gasteiger partial charge in [0.15, 0.2) is 5.96 Å². The first-order valence-electron chi connectivity index (χ1n) is 9.93. The fourth-order valence-electron chi connectivity index (χ4n) is 3.15. The zero-order valence-electron chi connectivity index (χ0n) is 19.2. The van der Waals surface area contributed by atoms with Crippen molar-refractivity contribution in [3.63, 3.8) is 0 Å². The number of nitrogens with zero attached hydrogens (tertiary/aromatic N) is 1. The third kappa shape index (κ3) is 7.68. The molecule has 0 saturated heterocycles. The molecule has 0 saturated carbocycles. The average molecular weight is 543 g/mol. The molecule has 0 amide bonds. The minimum atomic E-state index is 0. The number of halogens is 1. The van der Waals surface area contributed by atoms with Crippen LogP contribution in [-0.4, -0.2) is 48.0 Å². The maximum Gasteiger partial charge on any atom is 0.191 e. The lowest BCUT2D eigenvalue weighted by atomic mass is 9.98. The summed E-state index contributed by atoms with van der Waals surface area (Å²) in [4.78, 5) is 4.31. The van der Waals surface area contributed by atoms with Crippen molar-refractivity contribution in [2.24, 2.45) is 4.99 Å². The second-order valence-corrected chi connectivity index (χ2v) is 6.83. The van der Waals surface area contributed by atoms with E-state index in [2.05, 4.69) is 34.7 Å². The Morgan fingerprint density at radius 2 is 1.45 bits per heavy atom. The van der Waals surface area contributed by atoms with Gasteiger partial charge in [-0.15, -0.1) is 24.0 Å². The molecule has 7 nitrogen and oxygen atoms in total. The number of hydrogen-bond acceptors (Lipinski definition) is 5. The third-order valence-electron chi connectivity index (χ3n) is 5.03. The van der Waals surface area contributed by atoms with E-state index in [9.17, 15) is 0 Å². The van der Waals surface area contributed by atoms with Crippen LogP contribution in [0.1, 0.15) is 30.4 Å². The van der Waals surface area contributed by atoms with Crippen molar-refractivity contribution in [1.29, 1.82) is 0 Å². The second kappa shape index (κ2) is 13.8. The fraction of sp³-hybridized carbons (Fsp3) is 0.435. The molecule has 0 aliphatic heterocycles. The molecule has 2 aromatic carbocycles. The van der Waals surface area contributed by atoms with Crippen LogP contribution in [0.2, 0.25) is 0 Å². The van der Waals surface area contributed by atoms with Crippen LogP contribution in [0.25, 0.3) is 0 Å². The molecule has 172 valence electrons. The van der Waals surface area contributed by atoms with Crippen LogP contribution in [0.3, 0.4) is 0 Å². The van der Waals surface area contributed by atoms with E-state index in [1.807, 2.05) is 24.3 Å². The summed E-state index contributed by atoms with van der Waals surface area (Å²) in [6.45, 7) is 3.51. The molecule has 0 radical (unpaired) electrons. The van der Waals surface area contributed by atoms with Crippen LogP contribution < -0.4 is 29.6 Å². The number of ether oxygens (including phenoxy) is 4. The standard InChI is InChI=1S/C23H33N3O4.HI/c1-16(17-7-9-18(27-3)10-8-17)11-12-25-23(24-2)26-15-20-21(29-5)13-19(28-4)14-22(20)30-6;/h7-10,13-14,16H,11-12,15H2,1-6H3,(H2,24,25,26);1H. The first-order chi connectivity index (χ1) is 14.6. The first-order valence-corrected chi connectivity index (χ1v) is 9.93. The predicted octanol–water partition coefficient (Wildman–Crippen LogP) is 4.20. The Hall–Kier alpha value is -2.36. The summed E-state index contributed by atoms with van der Waals surface area (Å²) < 4.78 is 21.5. The molecule has 0 aliphatic rings. The van der Waals surface area contributed by atoms with Crippen LogP contribution >= 0.6 is 24.0 Å². The van der Waals surface area contributed by atoms with Gasteiger partial charge in [-0.1, -0.05) is 19.1 Å². The van der Waals surface area contributed by atoms with Crippen molar-refractivity contribution in [3.8, 4) is 23.0 Å². The number of hydrogen-bond donors (Lipinski definition) is 2. The summed E-state index contributed by atoms with van der Waals surface area (Å²) in [5.74, 6) is 4.09. The van der Waals surface area contributed by atoms with E-state index in [1.165, 1.54) is 5.56 Å². The lowest BCUT2D eigenvalue weighted by Gasteiger charge is -2.18. The normalized spacial score (nSPS) is 11.7. The lowest BCUT2D eigenvalue weighted by molar-refractivity contribution is 0.368. The molecule has 0 aromatic heterocycles. The Kier molecular flexibility index (Phi) is 11.9. The number of aliphatic imine (C=N–C) groups is 1. The van der Waals surface area contributed by atoms with E-state index < -0.39 is 0 Å². The van der Waals surface area contributed by atoms with Crippen LogP contribution in [0, 0.1) is 0 Å². The van der Waals surface area contributed by atoms with E-state index >= 15 is 0 Å². The summed E-state index contributed by atoms with van der Waals surface area (Å²) in [5.41, 5.74) is 2.18. The average Bonchev–Trinajstić information content (AvgIpc) is 2.80. The Morgan fingerprint density at radius 3 is 1.94 bits per heavy atom. The fourth-order valence-corrected chi connectivity index (χ4v) is 3.15. The largest absolute Gasteiger partial charge is 0.497 e. The Bertz CT molecular complexity index is 803. The van der Waals surface area contributed by atoms with E-state index in [-0.39, 0.29) is 24.0 Å². The number of benzene rings is 2. The Morgan fingerprint density at radius 1 is 0.871 bits per heavy atom. The molecule has 8 heteroatoms. The molecule has 0 aliphatic carbocycles. The molecule has 2 N–H and O–H groups in total. The smallest absolute Gasteiger partial charge is 0.191 e. The van der Waals surface area contributed by atoms with Gasteiger partial charge in [-0.2, -0.15) is 0 Å². The minimum absolute atomic E-state index is 0. The number of nitrogens with one attached hydrogen (secondary N) is 2. The molecule has 2 aromatic rings. The second-order valence-electron chi connectivity index (χ2n) is 6.83. The van der Waals surface area contributed by atoms with Crippen LogP contribution in [0.4, 0.5) is 0 Å². The van der Waals surface area contributed by atoms with E-state index in [0.717, 1.165) is 30.2 Å². The van der Waals surface area contributed by atoms with E-state index in [1.54, 1.807) is 35.5 Å². The topological polar surface area (TPSA) is 73.3 Å². The Labute approximate surface area is 202 Å². The van der Waals surface area contributed by atoms with Crippen LogP contribution in [0.15, 0.2) is 41.4 Å². The monoisotopic (exact) mass is 543 g/mol. The van der Waals surface area contributed by atoms with Gasteiger partial charge >= 0.3 is 0 Å². The SMILES string of the molecule is CN=C(NCCC(C)c1ccc(OC)cc1)NCc1c(OC)cc(OC)cc1OC.I. The van der Waals surface area contributed by atoms with E-state index in [4.69, 9.17) is 18.9 Å². The van der Waals surface area contributed by atoms with Crippen molar-refractivity contribution in [1.82, 2.24) is 10.6 Å². The van der Waals surface area contributed by atoms with Gasteiger partial charge in [-0.3, -0.25) is 4.99 Å². The summed E-state index contributed by atoms with van der Waals surface area (Å²) >= 11 is 0. The van der Waals surface area contributed by atoms with Crippen molar-refractivity contribution in [2.45, 2.75) is 25.8 Å². The maximum atomic E-state index is 5.51. The van der Waals surface area contributed by atoms with Gasteiger partial charge in [-0.25, -0.2) is 0 Å². The lowest BCUT2D eigenvalue weighted by Crippen LogP contribution is -2.37. The summed E-state index contributed by atoms with van der Waals surface area (Å²) in [6.07, 6.45) is 0.974. The zero-order chi connectivity index (χ0) is 21.9. The maximum absolute atomic E-state index is 5.51. The van der Waals surface area contributed by atoms with Crippen molar-refractivity contribution >= 4 is 29.9 Å². The highest BCUT2D eigenvalue weighted by Crippen LogP contribution is 2.33. The van der Waals surface area contributed by atoms with Crippen molar-refractivity contribution < 1.29 is 18.9 Å². The molecule has 1 atom stereocenters. The summed E-state index contributed by atoms with van der Waals surface area (Å²) in [7, 11) is 8.31. The molecule has 2 rings (SSSR count). The van der Waals surface area contributed by atoms with Gasteiger partial charge in [0.1, 0.15) is 23.0 Å². The van der Waals surface area contributed by atoms with E-state index in [0.29, 0.717) is 29.7 Å². The van der Waals surface area contributed by atoms with Crippen molar-refractivity contribution in [3.05, 3.63) is 47.5 Å². The first kappa shape index (κ1) is 26.7. The Balaban J connectivity index is 0.00000480. The molecular formula is C23H34IN3O4. The van der Waals surface area contributed by atoms with Gasteiger partial charge in [0.25, 0.3) is 0 Å². The molecule has 0 spiro atoms. The molecular weight excluding hydrogens is 509 g/mol. The highest BCUT2D eigenvalue weighted by Gasteiger charge is 2.14. The van der Waals surface area contributed by atoms with Gasteiger partial charge < -0.3 is 29.6 Å². The number of guanidine groups is 1.